The van der Waals surface area contributed by atoms with Crippen molar-refractivity contribution in [3.63, 3.8) is 0 Å². The van der Waals surface area contributed by atoms with Crippen LogP contribution in [-0.2, 0) is 9.59 Å². The molecule has 0 atom stereocenters. The minimum Gasteiger partial charge on any atom is -0.297 e. The van der Waals surface area contributed by atoms with Gasteiger partial charge in [-0.2, -0.15) is 13.2 Å². The van der Waals surface area contributed by atoms with Crippen molar-refractivity contribution in [3.05, 3.63) is 29.3 Å². The Morgan fingerprint density at radius 1 is 1.16 bits per heavy atom. The number of alkyl halides is 4. The molecule has 1 rings (SSSR count). The lowest BCUT2D eigenvalue weighted by Crippen LogP contribution is -2.44. The summed E-state index contributed by atoms with van der Waals surface area (Å²) >= 11 is 10.8. The fourth-order valence-electron chi connectivity index (χ4n) is 1.27. The predicted molar refractivity (Wildman–Crippen MR) is 65.6 cm³/mol. The maximum atomic E-state index is 12.5. The van der Waals surface area contributed by atoms with Crippen LogP contribution in [0.25, 0.3) is 0 Å². The molecule has 3 nitrogen and oxygen atoms in total. The van der Waals surface area contributed by atoms with E-state index < -0.39 is 30.3 Å². The monoisotopic (exact) mass is 313 g/mol. The Bertz CT molecular complexity index is 474. The van der Waals surface area contributed by atoms with Gasteiger partial charge >= 0.3 is 12.1 Å². The molecule has 0 fully saturated rings. The predicted octanol–water partition coefficient (Wildman–Crippen LogP) is 3.04. The first-order valence-corrected chi connectivity index (χ1v) is 5.89. The van der Waals surface area contributed by atoms with E-state index in [1.165, 1.54) is 24.3 Å². The second-order valence-electron chi connectivity index (χ2n) is 3.54. The third-order valence-corrected chi connectivity index (χ3v) is 2.66. The van der Waals surface area contributed by atoms with Crippen LogP contribution in [0.4, 0.5) is 18.9 Å². The van der Waals surface area contributed by atoms with Crippen LogP contribution in [0.2, 0.25) is 5.02 Å². The summed E-state index contributed by atoms with van der Waals surface area (Å²) in [4.78, 5) is 22.8. The molecule has 8 heteroatoms. The molecule has 0 heterocycles. The molecule has 104 valence electrons. The number of Topliss-reactive ketones (excluding diaryl/α,β-unsaturated/α-hetero) is 1. The molecular weight excluding hydrogens is 306 g/mol. The van der Waals surface area contributed by atoms with Crippen molar-refractivity contribution in [2.24, 2.45) is 0 Å². The second-order valence-corrected chi connectivity index (χ2v) is 4.24. The first kappa shape index (κ1) is 15.8. The molecular formula is C11H8Cl2F3NO2. The molecule has 1 aromatic rings. The normalized spacial score (nSPS) is 11.2. The fraction of sp³-hybridized carbons (Fsp3) is 0.273. The highest BCUT2D eigenvalue weighted by Gasteiger charge is 2.43. The van der Waals surface area contributed by atoms with Crippen molar-refractivity contribution >= 4 is 40.6 Å². The number of amides is 1. The number of hydrogen-bond donors (Lipinski definition) is 0. The summed E-state index contributed by atoms with van der Waals surface area (Å²) in [6.07, 6.45) is -5.08. The van der Waals surface area contributed by atoms with E-state index in [1.807, 2.05) is 0 Å². The number of carbonyl (C=O) groups is 2. The van der Waals surface area contributed by atoms with Gasteiger partial charge in [-0.3, -0.25) is 14.5 Å². The summed E-state index contributed by atoms with van der Waals surface area (Å²) in [7, 11) is 0. The average molecular weight is 314 g/mol. The number of hydrogen-bond acceptors (Lipinski definition) is 2. The topological polar surface area (TPSA) is 37.4 Å². The van der Waals surface area contributed by atoms with Gasteiger partial charge in [-0.25, -0.2) is 0 Å². The van der Waals surface area contributed by atoms with Crippen molar-refractivity contribution in [3.8, 4) is 0 Å². The van der Waals surface area contributed by atoms with Gasteiger partial charge in [0, 0.05) is 10.7 Å². The quantitative estimate of drug-likeness (QED) is 0.801. The fourth-order valence-corrected chi connectivity index (χ4v) is 1.48. The zero-order chi connectivity index (χ0) is 14.6. The van der Waals surface area contributed by atoms with Crippen LogP contribution >= 0.6 is 23.2 Å². The molecule has 0 bridgehead atoms. The summed E-state index contributed by atoms with van der Waals surface area (Å²) in [6.45, 7) is -0.747. The Kier molecular flexibility index (Phi) is 5.20. The van der Waals surface area contributed by atoms with E-state index in [1.54, 1.807) is 0 Å². The number of ketones is 1. The summed E-state index contributed by atoms with van der Waals surface area (Å²) in [6, 6.07) is 5.07. The number of benzene rings is 1. The lowest BCUT2D eigenvalue weighted by atomic mass is 10.2. The van der Waals surface area contributed by atoms with E-state index in [-0.39, 0.29) is 5.69 Å². The SMILES string of the molecule is O=C(CCl)CN(C(=O)C(F)(F)F)c1ccc(Cl)cc1. The minimum atomic E-state index is -5.08. The van der Waals surface area contributed by atoms with E-state index in [9.17, 15) is 22.8 Å². The molecule has 0 saturated heterocycles. The lowest BCUT2D eigenvalue weighted by molar-refractivity contribution is -0.170. The maximum Gasteiger partial charge on any atom is 0.471 e. The molecule has 0 radical (unpaired) electrons. The van der Waals surface area contributed by atoms with E-state index in [4.69, 9.17) is 23.2 Å². The molecule has 0 unspecified atom stereocenters. The third kappa shape index (κ3) is 4.40. The van der Waals surface area contributed by atoms with Gasteiger partial charge in [0.05, 0.1) is 12.4 Å². The lowest BCUT2D eigenvalue weighted by Gasteiger charge is -2.22. The van der Waals surface area contributed by atoms with Gasteiger partial charge in [-0.15, -0.1) is 11.6 Å². The third-order valence-electron chi connectivity index (χ3n) is 2.11. The number of rotatable bonds is 4. The average Bonchev–Trinajstić information content (AvgIpc) is 2.35. The van der Waals surface area contributed by atoms with Crippen LogP contribution in [0, 0.1) is 0 Å². The Balaban J connectivity index is 3.08. The molecule has 1 aromatic carbocycles. The van der Waals surface area contributed by atoms with Crippen molar-refractivity contribution in [1.82, 2.24) is 0 Å². The molecule has 0 aliphatic heterocycles. The molecule has 0 saturated carbocycles. The molecule has 19 heavy (non-hydrogen) atoms. The van der Waals surface area contributed by atoms with Crippen molar-refractivity contribution in [2.45, 2.75) is 6.18 Å². The Labute approximate surface area is 116 Å². The number of nitrogens with zero attached hydrogens (tertiary/aromatic N) is 1. The largest absolute Gasteiger partial charge is 0.471 e. The van der Waals surface area contributed by atoms with Crippen LogP contribution in [0.15, 0.2) is 24.3 Å². The van der Waals surface area contributed by atoms with E-state index >= 15 is 0 Å². The highest BCUT2D eigenvalue weighted by Crippen LogP contribution is 2.24. The first-order valence-electron chi connectivity index (χ1n) is 4.97. The second kappa shape index (κ2) is 6.25. The first-order chi connectivity index (χ1) is 8.75. The van der Waals surface area contributed by atoms with E-state index in [2.05, 4.69) is 0 Å². The summed E-state index contributed by atoms with van der Waals surface area (Å²) in [5.41, 5.74) is -0.0785. The standard InChI is InChI=1S/C11H8Cl2F3NO2/c12-5-9(18)6-17(10(19)11(14,15)16)8-3-1-7(13)2-4-8/h1-4H,5-6H2. The van der Waals surface area contributed by atoms with Crippen LogP contribution in [0.3, 0.4) is 0 Å². The molecule has 1 amide bonds. The maximum absolute atomic E-state index is 12.5. The van der Waals surface area contributed by atoms with Gasteiger partial charge in [0.2, 0.25) is 0 Å². The van der Waals surface area contributed by atoms with Crippen molar-refractivity contribution < 1.29 is 22.8 Å². The van der Waals surface area contributed by atoms with Gasteiger partial charge in [-0.1, -0.05) is 11.6 Å². The van der Waals surface area contributed by atoms with Gasteiger partial charge < -0.3 is 0 Å². The minimum absolute atomic E-state index is 0.0785. The molecule has 0 aromatic heterocycles. The zero-order valence-electron chi connectivity index (χ0n) is 9.38. The Morgan fingerprint density at radius 3 is 2.11 bits per heavy atom. The number of anilines is 1. The van der Waals surface area contributed by atoms with E-state index in [0.29, 0.717) is 9.92 Å². The molecule has 0 aliphatic carbocycles. The van der Waals surface area contributed by atoms with Gasteiger partial charge in [-0.05, 0) is 24.3 Å². The molecule has 0 spiro atoms. The van der Waals surface area contributed by atoms with E-state index in [0.717, 1.165) is 0 Å². The van der Waals surface area contributed by atoms with Crippen molar-refractivity contribution in [2.75, 3.05) is 17.3 Å². The van der Waals surface area contributed by atoms with Crippen LogP contribution in [-0.4, -0.2) is 30.3 Å². The highest BCUT2D eigenvalue weighted by atomic mass is 35.5. The summed E-state index contributed by atoms with van der Waals surface area (Å²) in [5, 5.41) is 0.298. The number of halogens is 5. The smallest absolute Gasteiger partial charge is 0.297 e. The van der Waals surface area contributed by atoms with Crippen LogP contribution in [0.1, 0.15) is 0 Å². The Morgan fingerprint density at radius 2 is 1.68 bits per heavy atom. The van der Waals surface area contributed by atoms with Crippen molar-refractivity contribution in [1.29, 1.82) is 0 Å². The molecule has 0 N–H and O–H groups in total. The van der Waals surface area contributed by atoms with Crippen LogP contribution < -0.4 is 4.90 Å². The van der Waals surface area contributed by atoms with Gasteiger partial charge in [0.15, 0.2) is 5.78 Å². The summed E-state index contributed by atoms with van der Waals surface area (Å²) < 4.78 is 37.4. The summed E-state index contributed by atoms with van der Waals surface area (Å²) in [5.74, 6) is -3.31. The molecule has 0 aliphatic rings. The Hall–Kier alpha value is -1.27. The zero-order valence-corrected chi connectivity index (χ0v) is 10.9. The van der Waals surface area contributed by atoms with Gasteiger partial charge in [0.1, 0.15) is 0 Å². The highest BCUT2D eigenvalue weighted by molar-refractivity contribution is 6.30. The van der Waals surface area contributed by atoms with Gasteiger partial charge in [0.25, 0.3) is 0 Å². The number of carbonyl (C=O) groups excluding carboxylic acids is 2. The van der Waals surface area contributed by atoms with Crippen LogP contribution in [0.5, 0.6) is 0 Å².